The highest BCUT2D eigenvalue weighted by Crippen LogP contribution is 2.32. The molecule has 1 heterocycles. The van der Waals surface area contributed by atoms with E-state index in [4.69, 9.17) is 20.9 Å². The Morgan fingerprint density at radius 2 is 1.91 bits per heavy atom. The molecule has 3 aromatic rings. The summed E-state index contributed by atoms with van der Waals surface area (Å²) in [6, 6.07) is 11.5. The third-order valence-corrected chi connectivity index (χ3v) is 6.39. The van der Waals surface area contributed by atoms with Crippen LogP contribution in [0.15, 0.2) is 36.4 Å². The molecule has 0 amide bonds. The second-order valence-electron chi connectivity index (χ2n) is 7.66. The van der Waals surface area contributed by atoms with Crippen LogP contribution >= 0.6 is 23.1 Å². The maximum atomic E-state index is 11.1. The van der Waals surface area contributed by atoms with E-state index in [-0.39, 0.29) is 0 Å². The van der Waals surface area contributed by atoms with Crippen molar-refractivity contribution in [1.29, 1.82) is 0 Å². The number of hydrogen-bond acceptors (Lipinski definition) is 6. The molecule has 0 unspecified atom stereocenters. The number of rotatable bonds is 9. The van der Waals surface area contributed by atoms with E-state index in [9.17, 15) is 8.42 Å². The van der Waals surface area contributed by atoms with Crippen molar-refractivity contribution < 1.29 is 22.3 Å². The van der Waals surface area contributed by atoms with E-state index >= 15 is 0 Å². The Balaban J connectivity index is 1.77. The molecule has 0 radical (unpaired) electrons. The first kappa shape index (κ1) is 25.1. The Morgan fingerprint density at radius 1 is 1.21 bits per heavy atom. The van der Waals surface area contributed by atoms with E-state index in [0.717, 1.165) is 22.4 Å². The topological polar surface area (TPSA) is 95.6 Å². The highest BCUT2D eigenvalue weighted by Gasteiger charge is 2.18. The fourth-order valence-electron chi connectivity index (χ4n) is 3.27. The lowest BCUT2D eigenvalue weighted by molar-refractivity contribution is -0.473. The summed E-state index contributed by atoms with van der Waals surface area (Å²) in [6.45, 7) is 6.46. The average Bonchev–Trinajstić information content (AvgIpc) is 3.16. The lowest BCUT2D eigenvalue weighted by Crippen LogP contribution is -2.29. The van der Waals surface area contributed by atoms with Gasteiger partial charge in [-0.1, -0.05) is 23.7 Å². The number of hydrogen-bond donors (Lipinski definition) is 1. The maximum absolute atomic E-state index is 11.1. The molecule has 0 bridgehead atoms. The summed E-state index contributed by atoms with van der Waals surface area (Å²) in [7, 11) is -2.52. The summed E-state index contributed by atoms with van der Waals surface area (Å²) in [5, 5.41) is 1.15. The molecule has 0 aliphatic heterocycles. The van der Waals surface area contributed by atoms with Gasteiger partial charge in [-0.05, 0) is 61.7 Å². The first-order valence-electron chi connectivity index (χ1n) is 10.2. The van der Waals surface area contributed by atoms with Gasteiger partial charge in [0.05, 0.1) is 13.6 Å². The molecule has 1 N–H and O–H groups in total. The van der Waals surface area contributed by atoms with Gasteiger partial charge in [-0.25, -0.2) is 4.90 Å². The van der Waals surface area contributed by atoms with E-state index in [1.54, 1.807) is 13.4 Å². The molecule has 2 aromatic carbocycles. The van der Waals surface area contributed by atoms with Crippen LogP contribution in [-0.2, 0) is 16.5 Å². The standard InChI is InChI=1S/C22H25ClN4O4S2/c1-5-27(13-26(4)14-33(28,29)30)19-10-16(3)20(11-15(19)2)31-22-24-21(25-32-22)12-17-6-8-18(23)9-7-17/h6-11,13H,5,12,14H2,1-4H3/p+1. The Kier molecular flexibility index (Phi) is 8.06. The van der Waals surface area contributed by atoms with Gasteiger partial charge in [-0.3, -0.25) is 9.13 Å². The second kappa shape index (κ2) is 10.6. The van der Waals surface area contributed by atoms with E-state index in [1.165, 1.54) is 16.1 Å². The monoisotopic (exact) mass is 509 g/mol. The third-order valence-electron chi connectivity index (χ3n) is 4.77. The minimum Gasteiger partial charge on any atom is -0.430 e. The number of aryl methyl sites for hydroxylation is 2. The van der Waals surface area contributed by atoms with Crippen LogP contribution in [0, 0.1) is 13.8 Å². The fraction of sp³-hybridized carbons (Fsp3) is 0.318. The minimum absolute atomic E-state index is 0.459. The SMILES string of the molecule is CCN(C=[N+](C)CS(=O)(=O)O)c1cc(C)c(Oc2nc(Cc3ccc(Cl)cc3)ns2)cc1C. The Morgan fingerprint density at radius 3 is 2.55 bits per heavy atom. The van der Waals surface area contributed by atoms with Gasteiger partial charge in [0.2, 0.25) is 12.2 Å². The molecule has 33 heavy (non-hydrogen) atoms. The summed E-state index contributed by atoms with van der Waals surface area (Å²) in [5.74, 6) is 0.864. The zero-order valence-electron chi connectivity index (χ0n) is 18.8. The highest BCUT2D eigenvalue weighted by molar-refractivity contribution is 7.85. The smallest absolute Gasteiger partial charge is 0.304 e. The number of anilines is 1. The number of halogens is 1. The minimum atomic E-state index is -4.11. The Labute approximate surface area is 203 Å². The van der Waals surface area contributed by atoms with Crippen molar-refractivity contribution >= 4 is 45.3 Å². The molecule has 0 spiro atoms. The van der Waals surface area contributed by atoms with Gasteiger partial charge in [0.1, 0.15) is 11.4 Å². The van der Waals surface area contributed by atoms with Crippen molar-refractivity contribution in [2.75, 3.05) is 24.4 Å². The largest absolute Gasteiger partial charge is 0.430 e. The maximum Gasteiger partial charge on any atom is 0.304 e. The summed E-state index contributed by atoms with van der Waals surface area (Å²) < 4.78 is 43.2. The van der Waals surface area contributed by atoms with Crippen LogP contribution in [0.2, 0.25) is 5.02 Å². The molecule has 0 saturated carbocycles. The van der Waals surface area contributed by atoms with Crippen molar-refractivity contribution in [3.8, 4) is 10.9 Å². The predicted octanol–water partition coefficient (Wildman–Crippen LogP) is 4.53. The van der Waals surface area contributed by atoms with Crippen molar-refractivity contribution in [3.63, 3.8) is 0 Å². The summed E-state index contributed by atoms with van der Waals surface area (Å²) in [5.41, 5.74) is 3.81. The first-order chi connectivity index (χ1) is 15.5. The van der Waals surface area contributed by atoms with Crippen molar-refractivity contribution in [3.05, 3.63) is 63.9 Å². The number of aromatic nitrogens is 2. The third kappa shape index (κ3) is 7.23. The second-order valence-corrected chi connectivity index (χ2v) is 10.2. The van der Waals surface area contributed by atoms with Crippen LogP contribution in [0.5, 0.6) is 10.9 Å². The lowest BCUT2D eigenvalue weighted by Gasteiger charge is -2.17. The molecule has 8 nitrogen and oxygen atoms in total. The summed E-state index contributed by atoms with van der Waals surface area (Å²) >= 11 is 7.13. The van der Waals surface area contributed by atoms with E-state index in [2.05, 4.69) is 9.36 Å². The molecule has 0 fully saturated rings. The van der Waals surface area contributed by atoms with Gasteiger partial charge in [0, 0.05) is 23.0 Å². The van der Waals surface area contributed by atoms with Crippen LogP contribution in [0.3, 0.4) is 0 Å². The first-order valence-corrected chi connectivity index (χ1v) is 12.9. The van der Waals surface area contributed by atoms with Gasteiger partial charge < -0.3 is 4.74 Å². The van der Waals surface area contributed by atoms with Gasteiger partial charge in [0.15, 0.2) is 5.82 Å². The van der Waals surface area contributed by atoms with Crippen molar-refractivity contribution in [1.82, 2.24) is 9.36 Å². The van der Waals surface area contributed by atoms with E-state index in [1.807, 2.05) is 62.1 Å². The molecule has 0 aliphatic rings. The zero-order chi connectivity index (χ0) is 24.2. The Hall–Kier alpha value is -2.53. The molecule has 176 valence electrons. The summed E-state index contributed by atoms with van der Waals surface area (Å²) in [6.07, 6.45) is 2.25. The molecule has 0 saturated heterocycles. The van der Waals surface area contributed by atoms with Gasteiger partial charge >= 0.3 is 10.1 Å². The van der Waals surface area contributed by atoms with Crippen LogP contribution in [0.1, 0.15) is 29.4 Å². The van der Waals surface area contributed by atoms with Crippen LogP contribution in [-0.4, -0.2) is 52.7 Å². The van der Waals surface area contributed by atoms with Crippen molar-refractivity contribution in [2.24, 2.45) is 0 Å². The van der Waals surface area contributed by atoms with Crippen LogP contribution < -0.4 is 9.64 Å². The average molecular weight is 510 g/mol. The molecule has 11 heteroatoms. The molecular formula is C22H26ClN4O4S2+. The molecular weight excluding hydrogens is 484 g/mol. The van der Waals surface area contributed by atoms with E-state index in [0.29, 0.717) is 34.8 Å². The van der Waals surface area contributed by atoms with Gasteiger partial charge in [-0.15, -0.1) is 0 Å². The number of ether oxygens (including phenoxy) is 1. The van der Waals surface area contributed by atoms with Gasteiger partial charge in [0.25, 0.3) is 5.19 Å². The lowest BCUT2D eigenvalue weighted by atomic mass is 10.1. The quantitative estimate of drug-likeness (QED) is 0.196. The molecule has 1 aromatic heterocycles. The predicted molar refractivity (Wildman–Crippen MR) is 132 cm³/mol. The fourth-order valence-corrected chi connectivity index (χ4v) is 4.54. The van der Waals surface area contributed by atoms with Gasteiger partial charge in [-0.2, -0.15) is 17.8 Å². The number of benzene rings is 2. The molecule has 0 aliphatic carbocycles. The van der Waals surface area contributed by atoms with Crippen molar-refractivity contribution in [2.45, 2.75) is 27.2 Å². The summed E-state index contributed by atoms with van der Waals surface area (Å²) in [4.78, 5) is 6.40. The van der Waals surface area contributed by atoms with Crippen LogP contribution in [0.25, 0.3) is 0 Å². The van der Waals surface area contributed by atoms with E-state index < -0.39 is 16.0 Å². The molecule has 0 atom stereocenters. The molecule has 3 rings (SSSR count). The number of nitrogens with zero attached hydrogens (tertiary/aromatic N) is 4. The zero-order valence-corrected chi connectivity index (χ0v) is 21.2. The van der Waals surface area contributed by atoms with Crippen LogP contribution in [0.4, 0.5) is 5.69 Å². The normalized spacial score (nSPS) is 12.1. The Bertz CT molecular complexity index is 1260. The highest BCUT2D eigenvalue weighted by atomic mass is 35.5.